The van der Waals surface area contributed by atoms with Gasteiger partial charge in [0.05, 0.1) is 6.04 Å². The predicted octanol–water partition coefficient (Wildman–Crippen LogP) is 3.46. The van der Waals surface area contributed by atoms with Crippen molar-refractivity contribution in [2.24, 2.45) is 5.73 Å². The SMILES string of the molecule is NC(c1ccc(Cl)o1)c1cnc(C(F)(F)F)s1. The molecule has 0 amide bonds. The Kier molecular flexibility index (Phi) is 3.15. The van der Waals surface area contributed by atoms with Crippen LogP contribution < -0.4 is 5.73 Å². The Labute approximate surface area is 103 Å². The fraction of sp³-hybridized carbons (Fsp3) is 0.222. The molecule has 2 aromatic heterocycles. The number of aromatic nitrogens is 1. The van der Waals surface area contributed by atoms with E-state index in [1.165, 1.54) is 12.1 Å². The van der Waals surface area contributed by atoms with E-state index in [0.717, 1.165) is 6.20 Å². The van der Waals surface area contributed by atoms with Crippen LogP contribution in [-0.2, 0) is 6.18 Å². The zero-order chi connectivity index (χ0) is 12.6. The Hall–Kier alpha value is -1.05. The van der Waals surface area contributed by atoms with E-state index in [9.17, 15) is 13.2 Å². The Morgan fingerprint density at radius 2 is 2.12 bits per heavy atom. The van der Waals surface area contributed by atoms with Crippen molar-refractivity contribution in [2.45, 2.75) is 12.2 Å². The third kappa shape index (κ3) is 2.62. The summed E-state index contributed by atoms with van der Waals surface area (Å²) in [6.45, 7) is 0. The highest BCUT2D eigenvalue weighted by atomic mass is 35.5. The van der Waals surface area contributed by atoms with Crippen molar-refractivity contribution < 1.29 is 17.6 Å². The summed E-state index contributed by atoms with van der Waals surface area (Å²) in [5.41, 5.74) is 5.74. The summed E-state index contributed by atoms with van der Waals surface area (Å²) in [6.07, 6.45) is -3.36. The molecule has 1 atom stereocenters. The average molecular weight is 283 g/mol. The number of hydrogen-bond donors (Lipinski definition) is 1. The van der Waals surface area contributed by atoms with E-state index < -0.39 is 17.2 Å². The molecule has 0 fully saturated rings. The van der Waals surface area contributed by atoms with Gasteiger partial charge in [-0.05, 0) is 23.7 Å². The van der Waals surface area contributed by atoms with Gasteiger partial charge >= 0.3 is 6.18 Å². The van der Waals surface area contributed by atoms with Crippen molar-refractivity contribution in [3.05, 3.63) is 39.2 Å². The highest BCUT2D eigenvalue weighted by Gasteiger charge is 2.35. The van der Waals surface area contributed by atoms with Gasteiger partial charge in [0, 0.05) is 11.1 Å². The molecule has 0 aliphatic heterocycles. The van der Waals surface area contributed by atoms with Crippen molar-refractivity contribution in [1.82, 2.24) is 4.98 Å². The lowest BCUT2D eigenvalue weighted by Crippen LogP contribution is -2.09. The molecule has 0 saturated heterocycles. The minimum Gasteiger partial charge on any atom is -0.448 e. The minimum absolute atomic E-state index is 0.135. The fourth-order valence-corrected chi connectivity index (χ4v) is 2.14. The van der Waals surface area contributed by atoms with E-state index in [2.05, 4.69) is 4.98 Å². The molecule has 0 bridgehead atoms. The third-order valence-corrected chi connectivity index (χ3v) is 3.30. The molecule has 3 nitrogen and oxygen atoms in total. The molecule has 0 saturated carbocycles. The molecule has 2 heterocycles. The highest BCUT2D eigenvalue weighted by molar-refractivity contribution is 7.11. The molecule has 2 rings (SSSR count). The van der Waals surface area contributed by atoms with Crippen LogP contribution in [-0.4, -0.2) is 4.98 Å². The molecule has 0 radical (unpaired) electrons. The van der Waals surface area contributed by atoms with E-state index in [-0.39, 0.29) is 10.1 Å². The average Bonchev–Trinajstić information content (AvgIpc) is 2.83. The number of nitrogens with zero attached hydrogens (tertiary/aromatic N) is 1. The lowest BCUT2D eigenvalue weighted by atomic mass is 10.2. The van der Waals surface area contributed by atoms with Gasteiger partial charge in [-0.15, -0.1) is 11.3 Å². The number of halogens is 4. The van der Waals surface area contributed by atoms with Crippen molar-refractivity contribution in [3.8, 4) is 0 Å². The second-order valence-electron chi connectivity index (χ2n) is 3.19. The first-order chi connectivity index (χ1) is 7.88. The van der Waals surface area contributed by atoms with E-state index in [1.54, 1.807) is 0 Å². The van der Waals surface area contributed by atoms with Gasteiger partial charge < -0.3 is 10.2 Å². The zero-order valence-electron chi connectivity index (χ0n) is 8.16. The molecule has 0 aliphatic rings. The topological polar surface area (TPSA) is 52.0 Å². The number of alkyl halides is 3. The molecule has 1 unspecified atom stereocenters. The molecule has 92 valence electrons. The normalized spacial score (nSPS) is 13.9. The molecule has 2 aromatic rings. The van der Waals surface area contributed by atoms with Gasteiger partial charge in [0.2, 0.25) is 0 Å². The van der Waals surface area contributed by atoms with Gasteiger partial charge in [-0.1, -0.05) is 0 Å². The zero-order valence-corrected chi connectivity index (χ0v) is 9.73. The van der Waals surface area contributed by atoms with E-state index in [0.29, 0.717) is 17.1 Å². The Morgan fingerprint density at radius 3 is 2.59 bits per heavy atom. The smallest absolute Gasteiger partial charge is 0.443 e. The summed E-state index contributed by atoms with van der Waals surface area (Å²) in [5, 5.41) is -0.795. The summed E-state index contributed by atoms with van der Waals surface area (Å²) >= 11 is 6.04. The van der Waals surface area contributed by atoms with Gasteiger partial charge in [-0.3, -0.25) is 0 Å². The van der Waals surface area contributed by atoms with Gasteiger partial charge in [-0.2, -0.15) is 13.2 Å². The first kappa shape index (κ1) is 12.4. The van der Waals surface area contributed by atoms with Crippen molar-refractivity contribution in [1.29, 1.82) is 0 Å². The first-order valence-electron chi connectivity index (χ1n) is 4.41. The summed E-state index contributed by atoms with van der Waals surface area (Å²) in [5.74, 6) is 0.298. The lowest BCUT2D eigenvalue weighted by molar-refractivity contribution is -0.137. The minimum atomic E-state index is -4.45. The molecule has 2 N–H and O–H groups in total. The van der Waals surface area contributed by atoms with Gasteiger partial charge in [-0.25, -0.2) is 4.98 Å². The maximum Gasteiger partial charge on any atom is 0.443 e. The largest absolute Gasteiger partial charge is 0.448 e. The number of nitrogens with two attached hydrogens (primary N) is 1. The molecule has 17 heavy (non-hydrogen) atoms. The summed E-state index contributed by atoms with van der Waals surface area (Å²) < 4.78 is 42.0. The van der Waals surface area contributed by atoms with Crippen molar-refractivity contribution in [2.75, 3.05) is 0 Å². The second-order valence-corrected chi connectivity index (χ2v) is 4.62. The van der Waals surface area contributed by atoms with Gasteiger partial charge in [0.1, 0.15) is 5.76 Å². The van der Waals surface area contributed by atoms with E-state index >= 15 is 0 Å². The predicted molar refractivity (Wildman–Crippen MR) is 56.9 cm³/mol. The summed E-state index contributed by atoms with van der Waals surface area (Å²) in [7, 11) is 0. The number of thiazole rings is 1. The van der Waals surface area contributed by atoms with Crippen molar-refractivity contribution in [3.63, 3.8) is 0 Å². The van der Waals surface area contributed by atoms with Crippen LogP contribution in [0.3, 0.4) is 0 Å². The molecular weight excluding hydrogens is 277 g/mol. The molecule has 8 heteroatoms. The first-order valence-corrected chi connectivity index (χ1v) is 5.61. The Morgan fingerprint density at radius 1 is 1.41 bits per heavy atom. The van der Waals surface area contributed by atoms with E-state index in [4.69, 9.17) is 21.8 Å². The maximum atomic E-state index is 12.3. The van der Waals surface area contributed by atoms with Crippen LogP contribution >= 0.6 is 22.9 Å². The van der Waals surface area contributed by atoms with Crippen LogP contribution in [0.15, 0.2) is 22.7 Å². The maximum absolute atomic E-state index is 12.3. The summed E-state index contributed by atoms with van der Waals surface area (Å²) in [4.78, 5) is 3.55. The Bertz CT molecular complexity index is 522. The van der Waals surface area contributed by atoms with Crippen LogP contribution in [0.1, 0.15) is 21.7 Å². The lowest BCUT2D eigenvalue weighted by Gasteiger charge is -2.04. The summed E-state index contributed by atoms with van der Waals surface area (Å²) in [6, 6.07) is 2.19. The standard InChI is InChI=1S/C9H6ClF3N2OS/c10-6-2-1-4(16-6)7(14)5-3-15-8(17-5)9(11,12)13/h1-3,7H,14H2. The molecule has 0 spiro atoms. The number of rotatable bonds is 2. The number of hydrogen-bond acceptors (Lipinski definition) is 4. The van der Waals surface area contributed by atoms with Crippen LogP contribution in [0.4, 0.5) is 13.2 Å². The molecular formula is C9H6ClF3N2OS. The highest BCUT2D eigenvalue weighted by Crippen LogP contribution is 2.35. The van der Waals surface area contributed by atoms with Crippen LogP contribution in [0, 0.1) is 0 Å². The van der Waals surface area contributed by atoms with Gasteiger partial charge in [0.15, 0.2) is 10.2 Å². The molecule has 0 aromatic carbocycles. The van der Waals surface area contributed by atoms with Crippen molar-refractivity contribution >= 4 is 22.9 Å². The monoisotopic (exact) mass is 282 g/mol. The van der Waals surface area contributed by atoms with Crippen LogP contribution in [0.2, 0.25) is 5.22 Å². The quantitative estimate of drug-likeness (QED) is 0.918. The molecule has 0 aliphatic carbocycles. The second kappa shape index (κ2) is 4.32. The van der Waals surface area contributed by atoms with Crippen LogP contribution in [0.25, 0.3) is 0 Å². The third-order valence-electron chi connectivity index (χ3n) is 1.97. The van der Waals surface area contributed by atoms with Crippen LogP contribution in [0.5, 0.6) is 0 Å². The fourth-order valence-electron chi connectivity index (χ4n) is 1.20. The van der Waals surface area contributed by atoms with E-state index in [1.807, 2.05) is 0 Å². The Balaban J connectivity index is 2.26. The van der Waals surface area contributed by atoms with Gasteiger partial charge in [0.25, 0.3) is 0 Å². The number of furan rings is 1.